The van der Waals surface area contributed by atoms with Gasteiger partial charge >= 0.3 is 5.97 Å². The first kappa shape index (κ1) is 14.3. The van der Waals surface area contributed by atoms with Crippen LogP contribution in [-0.2, 0) is 9.59 Å². The van der Waals surface area contributed by atoms with Crippen LogP contribution in [0.25, 0.3) is 0 Å². The molecule has 0 saturated carbocycles. The van der Waals surface area contributed by atoms with E-state index in [1.54, 1.807) is 16.7 Å². The Bertz CT molecular complexity index is 265. The van der Waals surface area contributed by atoms with E-state index in [2.05, 4.69) is 0 Å². The van der Waals surface area contributed by atoms with Gasteiger partial charge in [0.15, 0.2) is 0 Å². The van der Waals surface area contributed by atoms with Gasteiger partial charge in [0.05, 0.1) is 11.7 Å². The fourth-order valence-corrected chi connectivity index (χ4v) is 2.68. The van der Waals surface area contributed by atoms with Crippen molar-refractivity contribution in [2.75, 3.05) is 31.1 Å². The molecule has 1 aliphatic rings. The third-order valence-electron chi connectivity index (χ3n) is 2.92. The van der Waals surface area contributed by atoms with Gasteiger partial charge in [-0.3, -0.25) is 9.59 Å². The lowest BCUT2D eigenvalue weighted by atomic mass is 9.97. The second-order valence-electron chi connectivity index (χ2n) is 4.19. The largest absolute Gasteiger partial charge is 0.481 e. The summed E-state index contributed by atoms with van der Waals surface area (Å²) < 4.78 is 0. The highest BCUT2D eigenvalue weighted by Crippen LogP contribution is 2.18. The van der Waals surface area contributed by atoms with Crippen molar-refractivity contribution >= 4 is 23.6 Å². The van der Waals surface area contributed by atoms with E-state index in [9.17, 15) is 9.59 Å². The second kappa shape index (κ2) is 7.55. The third kappa shape index (κ3) is 4.95. The SMILES string of the molecule is NCCCSCC(=O)N1CCC(C(=O)O)CC1. The van der Waals surface area contributed by atoms with Crippen LogP contribution in [0.2, 0.25) is 0 Å². The molecule has 0 spiro atoms. The molecule has 0 aromatic carbocycles. The summed E-state index contributed by atoms with van der Waals surface area (Å²) in [4.78, 5) is 24.3. The number of hydrogen-bond donors (Lipinski definition) is 2. The number of carbonyl (C=O) groups excluding carboxylic acids is 1. The van der Waals surface area contributed by atoms with Crippen LogP contribution in [-0.4, -0.2) is 53.0 Å². The Labute approximate surface area is 106 Å². The van der Waals surface area contributed by atoms with Crippen LogP contribution in [0.5, 0.6) is 0 Å². The molecule has 3 N–H and O–H groups in total. The topological polar surface area (TPSA) is 83.6 Å². The molecule has 1 fully saturated rings. The molecule has 6 heteroatoms. The van der Waals surface area contributed by atoms with Gasteiger partial charge in [0.25, 0.3) is 0 Å². The molecular formula is C11H20N2O3S. The number of hydrogen-bond acceptors (Lipinski definition) is 4. The molecule has 0 radical (unpaired) electrons. The molecule has 17 heavy (non-hydrogen) atoms. The number of carbonyl (C=O) groups is 2. The molecule has 0 aromatic rings. The number of likely N-dealkylation sites (tertiary alicyclic amines) is 1. The quantitative estimate of drug-likeness (QED) is 0.675. The summed E-state index contributed by atoms with van der Waals surface area (Å²) in [7, 11) is 0. The van der Waals surface area contributed by atoms with Gasteiger partial charge in [0.2, 0.25) is 5.91 Å². The third-order valence-corrected chi connectivity index (χ3v) is 3.94. The van der Waals surface area contributed by atoms with Crippen molar-refractivity contribution in [3.63, 3.8) is 0 Å². The van der Waals surface area contributed by atoms with Crippen LogP contribution in [0.15, 0.2) is 0 Å². The number of piperidine rings is 1. The minimum atomic E-state index is -0.741. The van der Waals surface area contributed by atoms with E-state index < -0.39 is 5.97 Å². The number of nitrogens with two attached hydrogens (primary N) is 1. The number of carboxylic acid groups (broad SMARTS) is 1. The molecule has 0 aromatic heterocycles. The van der Waals surface area contributed by atoms with E-state index in [0.717, 1.165) is 12.2 Å². The maximum atomic E-state index is 11.8. The lowest BCUT2D eigenvalue weighted by Crippen LogP contribution is -2.41. The van der Waals surface area contributed by atoms with Crippen LogP contribution < -0.4 is 5.73 Å². The van der Waals surface area contributed by atoms with Crippen molar-refractivity contribution in [1.29, 1.82) is 0 Å². The van der Waals surface area contributed by atoms with Crippen LogP contribution >= 0.6 is 11.8 Å². The predicted octanol–water partition coefficient (Wildman–Crippen LogP) is 0.392. The molecule has 0 aliphatic carbocycles. The number of carboxylic acids is 1. The molecule has 0 bridgehead atoms. The summed E-state index contributed by atoms with van der Waals surface area (Å²) in [6.45, 7) is 1.81. The normalized spacial score (nSPS) is 17.1. The average Bonchev–Trinajstić information content (AvgIpc) is 2.34. The van der Waals surface area contributed by atoms with Gasteiger partial charge in [-0.05, 0) is 31.6 Å². The van der Waals surface area contributed by atoms with Crippen LogP contribution in [0.1, 0.15) is 19.3 Å². The highest BCUT2D eigenvalue weighted by atomic mass is 32.2. The molecule has 1 heterocycles. The summed E-state index contributed by atoms with van der Waals surface area (Å²) in [5.41, 5.74) is 5.37. The van der Waals surface area contributed by atoms with E-state index in [1.165, 1.54) is 0 Å². The van der Waals surface area contributed by atoms with Crippen LogP contribution in [0, 0.1) is 5.92 Å². The zero-order valence-electron chi connectivity index (χ0n) is 9.93. The van der Waals surface area contributed by atoms with Gasteiger partial charge in [-0.1, -0.05) is 0 Å². The second-order valence-corrected chi connectivity index (χ2v) is 5.29. The maximum Gasteiger partial charge on any atom is 0.306 e. The molecular weight excluding hydrogens is 240 g/mol. The lowest BCUT2D eigenvalue weighted by molar-refractivity contribution is -0.145. The summed E-state index contributed by atoms with van der Waals surface area (Å²) in [5, 5.41) is 8.84. The number of aliphatic carboxylic acids is 1. The zero-order valence-corrected chi connectivity index (χ0v) is 10.7. The Morgan fingerprint density at radius 3 is 2.53 bits per heavy atom. The van der Waals surface area contributed by atoms with Crippen molar-refractivity contribution in [3.8, 4) is 0 Å². The van der Waals surface area contributed by atoms with E-state index in [-0.39, 0.29) is 11.8 Å². The summed E-state index contributed by atoms with van der Waals surface area (Å²) in [6, 6.07) is 0. The van der Waals surface area contributed by atoms with Crippen LogP contribution in [0.4, 0.5) is 0 Å². The molecule has 0 unspecified atom stereocenters. The standard InChI is InChI=1S/C11H20N2O3S/c12-4-1-7-17-8-10(14)13-5-2-9(3-6-13)11(15)16/h9H,1-8,12H2,(H,15,16). The fourth-order valence-electron chi connectivity index (χ4n) is 1.81. The molecule has 0 atom stereocenters. The van der Waals surface area contributed by atoms with E-state index in [1.807, 2.05) is 0 Å². The Kier molecular flexibility index (Phi) is 6.36. The van der Waals surface area contributed by atoms with Gasteiger partial charge in [-0.15, -0.1) is 0 Å². The highest BCUT2D eigenvalue weighted by molar-refractivity contribution is 7.99. The Morgan fingerprint density at radius 2 is 2.00 bits per heavy atom. The van der Waals surface area contributed by atoms with E-state index in [4.69, 9.17) is 10.8 Å². The first-order valence-corrected chi connectivity index (χ1v) is 7.09. The Hall–Kier alpha value is -0.750. The minimum absolute atomic E-state index is 0.121. The highest BCUT2D eigenvalue weighted by Gasteiger charge is 2.26. The smallest absolute Gasteiger partial charge is 0.306 e. The summed E-state index contributed by atoms with van der Waals surface area (Å²) in [6.07, 6.45) is 2.09. The van der Waals surface area contributed by atoms with Crippen LogP contribution in [0.3, 0.4) is 0 Å². The van der Waals surface area contributed by atoms with Crippen molar-refractivity contribution in [3.05, 3.63) is 0 Å². The van der Waals surface area contributed by atoms with Gasteiger partial charge in [-0.25, -0.2) is 0 Å². The molecule has 1 saturated heterocycles. The molecule has 1 amide bonds. The zero-order chi connectivity index (χ0) is 12.7. The summed E-state index contributed by atoms with van der Waals surface area (Å²) >= 11 is 1.60. The number of rotatable bonds is 6. The lowest BCUT2D eigenvalue weighted by Gasteiger charge is -2.30. The van der Waals surface area contributed by atoms with Crippen molar-refractivity contribution in [1.82, 2.24) is 4.90 Å². The average molecular weight is 260 g/mol. The first-order chi connectivity index (χ1) is 8.15. The van der Waals surface area contributed by atoms with Gasteiger partial charge in [0.1, 0.15) is 0 Å². The maximum absolute atomic E-state index is 11.8. The van der Waals surface area contributed by atoms with E-state index >= 15 is 0 Å². The molecule has 5 nitrogen and oxygen atoms in total. The Balaban J connectivity index is 2.19. The molecule has 98 valence electrons. The first-order valence-electron chi connectivity index (χ1n) is 5.93. The van der Waals surface area contributed by atoms with E-state index in [0.29, 0.717) is 38.2 Å². The van der Waals surface area contributed by atoms with Crippen molar-refractivity contribution in [2.45, 2.75) is 19.3 Å². The number of amides is 1. The number of nitrogens with zero attached hydrogens (tertiary/aromatic N) is 1. The molecule has 1 aliphatic heterocycles. The van der Waals surface area contributed by atoms with Crippen molar-refractivity contribution < 1.29 is 14.7 Å². The van der Waals surface area contributed by atoms with Gasteiger partial charge < -0.3 is 15.7 Å². The minimum Gasteiger partial charge on any atom is -0.481 e. The fraction of sp³-hybridized carbons (Fsp3) is 0.818. The predicted molar refractivity (Wildman–Crippen MR) is 67.9 cm³/mol. The monoisotopic (exact) mass is 260 g/mol. The summed E-state index contributed by atoms with van der Waals surface area (Å²) in [5.74, 6) is 0.500. The van der Waals surface area contributed by atoms with Gasteiger partial charge in [-0.2, -0.15) is 11.8 Å². The number of thioether (sulfide) groups is 1. The Morgan fingerprint density at radius 1 is 1.35 bits per heavy atom. The van der Waals surface area contributed by atoms with Gasteiger partial charge in [0, 0.05) is 13.1 Å². The van der Waals surface area contributed by atoms with Crippen molar-refractivity contribution in [2.24, 2.45) is 11.7 Å². The molecule has 1 rings (SSSR count).